The molecule has 0 bridgehead atoms. The van der Waals surface area contributed by atoms with Gasteiger partial charge in [-0.2, -0.15) is 0 Å². The largest absolute Gasteiger partial charge is 0.384 e. The quantitative estimate of drug-likeness (QED) is 0.622. The average Bonchev–Trinajstić information content (AvgIpc) is 2.42. The van der Waals surface area contributed by atoms with Crippen molar-refractivity contribution in [3.05, 3.63) is 11.9 Å². The molecule has 0 fully saturated rings. The second kappa shape index (κ2) is 9.08. The average molecular weight is 281 g/mol. The molecule has 0 atom stereocenters. The number of carbonyl (C=O) groups excluding carboxylic acids is 1. The minimum absolute atomic E-state index is 0.0240. The molecule has 0 spiro atoms. The highest BCUT2D eigenvalue weighted by molar-refractivity contribution is 5.76. The van der Waals surface area contributed by atoms with E-state index in [9.17, 15) is 4.79 Å². The van der Waals surface area contributed by atoms with E-state index in [4.69, 9.17) is 10.5 Å². The highest BCUT2D eigenvalue weighted by atomic mass is 16.5. The molecule has 0 aliphatic rings. The summed E-state index contributed by atoms with van der Waals surface area (Å²) in [5.74, 6) is 1.55. The SMILES string of the molecule is CCCNC(=O)CCNc1cc(N)nc(COCC)n1. The van der Waals surface area contributed by atoms with Gasteiger partial charge in [0.25, 0.3) is 0 Å². The molecule has 112 valence electrons. The molecule has 0 aliphatic carbocycles. The van der Waals surface area contributed by atoms with Gasteiger partial charge in [0.15, 0.2) is 5.82 Å². The Balaban J connectivity index is 2.42. The van der Waals surface area contributed by atoms with Crippen LogP contribution in [0.25, 0.3) is 0 Å². The van der Waals surface area contributed by atoms with E-state index in [-0.39, 0.29) is 5.91 Å². The minimum Gasteiger partial charge on any atom is -0.384 e. The molecule has 0 unspecified atom stereocenters. The van der Waals surface area contributed by atoms with E-state index in [0.29, 0.717) is 50.2 Å². The summed E-state index contributed by atoms with van der Waals surface area (Å²) in [4.78, 5) is 19.8. The lowest BCUT2D eigenvalue weighted by Gasteiger charge is -2.08. The minimum atomic E-state index is 0.0240. The van der Waals surface area contributed by atoms with Gasteiger partial charge in [-0.1, -0.05) is 6.92 Å². The lowest BCUT2D eigenvalue weighted by Crippen LogP contribution is -2.26. The number of amides is 1. The summed E-state index contributed by atoms with van der Waals surface area (Å²) in [5, 5.41) is 5.88. The summed E-state index contributed by atoms with van der Waals surface area (Å²) in [6.07, 6.45) is 1.33. The Morgan fingerprint density at radius 1 is 1.35 bits per heavy atom. The van der Waals surface area contributed by atoms with Crippen molar-refractivity contribution in [1.82, 2.24) is 15.3 Å². The third-order valence-corrected chi connectivity index (χ3v) is 2.46. The molecular formula is C13H23N5O2. The summed E-state index contributed by atoms with van der Waals surface area (Å²) in [6.45, 7) is 6.05. The second-order valence-corrected chi connectivity index (χ2v) is 4.26. The standard InChI is InChI=1S/C13H23N5O2/c1-3-6-16-13(19)5-7-15-11-8-10(14)17-12(18-11)9-20-4-2/h8H,3-7,9H2,1-2H3,(H,16,19)(H3,14,15,17,18). The van der Waals surface area contributed by atoms with Gasteiger partial charge in [-0.15, -0.1) is 0 Å². The fourth-order valence-corrected chi connectivity index (χ4v) is 1.52. The Morgan fingerprint density at radius 2 is 2.15 bits per heavy atom. The van der Waals surface area contributed by atoms with Gasteiger partial charge in [-0.05, 0) is 13.3 Å². The fourth-order valence-electron chi connectivity index (χ4n) is 1.52. The zero-order valence-corrected chi connectivity index (χ0v) is 12.1. The van der Waals surface area contributed by atoms with Crippen LogP contribution < -0.4 is 16.4 Å². The lowest BCUT2D eigenvalue weighted by atomic mass is 10.3. The van der Waals surface area contributed by atoms with Crippen LogP contribution in [0.3, 0.4) is 0 Å². The molecule has 20 heavy (non-hydrogen) atoms. The molecule has 1 aromatic heterocycles. The summed E-state index contributed by atoms with van der Waals surface area (Å²) in [6, 6.07) is 1.64. The molecule has 1 heterocycles. The van der Waals surface area contributed by atoms with Crippen molar-refractivity contribution in [2.24, 2.45) is 0 Å². The fraction of sp³-hybridized carbons (Fsp3) is 0.615. The number of hydrogen-bond donors (Lipinski definition) is 3. The maximum absolute atomic E-state index is 11.4. The Labute approximate surface area is 119 Å². The van der Waals surface area contributed by atoms with Crippen molar-refractivity contribution in [3.8, 4) is 0 Å². The van der Waals surface area contributed by atoms with E-state index < -0.39 is 0 Å². The van der Waals surface area contributed by atoms with Crippen molar-refractivity contribution < 1.29 is 9.53 Å². The molecule has 0 saturated heterocycles. The topological polar surface area (TPSA) is 102 Å². The van der Waals surface area contributed by atoms with E-state index in [2.05, 4.69) is 20.6 Å². The number of carbonyl (C=O) groups is 1. The van der Waals surface area contributed by atoms with Crippen molar-refractivity contribution in [2.45, 2.75) is 33.3 Å². The first-order valence-corrected chi connectivity index (χ1v) is 6.87. The third-order valence-electron chi connectivity index (χ3n) is 2.46. The Bertz CT molecular complexity index is 425. The maximum atomic E-state index is 11.4. The highest BCUT2D eigenvalue weighted by Gasteiger charge is 2.04. The number of rotatable bonds is 9. The Hall–Kier alpha value is -1.89. The van der Waals surface area contributed by atoms with Crippen LogP contribution in [0.5, 0.6) is 0 Å². The zero-order valence-electron chi connectivity index (χ0n) is 12.1. The molecular weight excluding hydrogens is 258 g/mol. The van der Waals surface area contributed by atoms with Gasteiger partial charge in [0.2, 0.25) is 5.91 Å². The normalized spacial score (nSPS) is 10.3. The van der Waals surface area contributed by atoms with Crippen molar-refractivity contribution in [3.63, 3.8) is 0 Å². The summed E-state index contributed by atoms with van der Waals surface area (Å²) in [5.41, 5.74) is 5.70. The van der Waals surface area contributed by atoms with Gasteiger partial charge in [0.05, 0.1) is 0 Å². The number of ether oxygens (including phenoxy) is 1. The predicted octanol–water partition coefficient (Wildman–Crippen LogP) is 0.923. The van der Waals surface area contributed by atoms with E-state index in [1.807, 2.05) is 13.8 Å². The van der Waals surface area contributed by atoms with Crippen LogP contribution in [0.15, 0.2) is 6.07 Å². The monoisotopic (exact) mass is 281 g/mol. The molecule has 1 aromatic rings. The number of nitrogens with zero attached hydrogens (tertiary/aromatic N) is 2. The molecule has 0 saturated carbocycles. The van der Waals surface area contributed by atoms with Crippen molar-refractivity contribution in [2.75, 3.05) is 30.7 Å². The summed E-state index contributed by atoms with van der Waals surface area (Å²) < 4.78 is 5.24. The van der Waals surface area contributed by atoms with Crippen LogP contribution in [0.1, 0.15) is 32.5 Å². The summed E-state index contributed by atoms with van der Waals surface area (Å²) in [7, 11) is 0. The number of nitrogens with two attached hydrogens (primary N) is 1. The number of aromatic nitrogens is 2. The van der Waals surface area contributed by atoms with Crippen LogP contribution in [0.4, 0.5) is 11.6 Å². The smallest absolute Gasteiger partial charge is 0.221 e. The van der Waals surface area contributed by atoms with Crippen LogP contribution in [-0.2, 0) is 16.1 Å². The zero-order chi connectivity index (χ0) is 14.8. The second-order valence-electron chi connectivity index (χ2n) is 4.26. The van der Waals surface area contributed by atoms with Crippen LogP contribution >= 0.6 is 0 Å². The first-order chi connectivity index (χ1) is 9.65. The molecule has 7 heteroatoms. The van der Waals surface area contributed by atoms with Crippen molar-refractivity contribution >= 4 is 17.5 Å². The van der Waals surface area contributed by atoms with E-state index in [1.54, 1.807) is 6.07 Å². The summed E-state index contributed by atoms with van der Waals surface area (Å²) >= 11 is 0. The van der Waals surface area contributed by atoms with E-state index in [0.717, 1.165) is 6.42 Å². The Kier molecular flexibility index (Phi) is 7.34. The van der Waals surface area contributed by atoms with Crippen LogP contribution in [0, 0.1) is 0 Å². The first kappa shape index (κ1) is 16.2. The van der Waals surface area contributed by atoms with E-state index in [1.165, 1.54) is 0 Å². The molecule has 0 aromatic carbocycles. The lowest BCUT2D eigenvalue weighted by molar-refractivity contribution is -0.120. The number of nitrogens with one attached hydrogen (secondary N) is 2. The predicted molar refractivity (Wildman–Crippen MR) is 78.2 cm³/mol. The molecule has 7 nitrogen and oxygen atoms in total. The highest BCUT2D eigenvalue weighted by Crippen LogP contribution is 2.09. The van der Waals surface area contributed by atoms with E-state index >= 15 is 0 Å². The molecule has 0 aliphatic heterocycles. The van der Waals surface area contributed by atoms with Gasteiger partial charge in [0, 0.05) is 32.2 Å². The number of nitrogen functional groups attached to an aromatic ring is 1. The third kappa shape index (κ3) is 6.33. The van der Waals surface area contributed by atoms with Gasteiger partial charge >= 0.3 is 0 Å². The first-order valence-electron chi connectivity index (χ1n) is 6.87. The van der Waals surface area contributed by atoms with Gasteiger partial charge in [-0.3, -0.25) is 4.79 Å². The number of anilines is 2. The molecule has 1 rings (SSSR count). The Morgan fingerprint density at radius 3 is 2.85 bits per heavy atom. The van der Waals surface area contributed by atoms with Crippen LogP contribution in [-0.4, -0.2) is 35.6 Å². The van der Waals surface area contributed by atoms with Gasteiger partial charge < -0.3 is 21.1 Å². The molecule has 4 N–H and O–H groups in total. The van der Waals surface area contributed by atoms with Crippen molar-refractivity contribution in [1.29, 1.82) is 0 Å². The van der Waals surface area contributed by atoms with Gasteiger partial charge in [0.1, 0.15) is 18.2 Å². The number of hydrogen-bond acceptors (Lipinski definition) is 6. The van der Waals surface area contributed by atoms with Gasteiger partial charge in [-0.25, -0.2) is 9.97 Å². The van der Waals surface area contributed by atoms with Crippen LogP contribution in [0.2, 0.25) is 0 Å². The maximum Gasteiger partial charge on any atom is 0.221 e. The molecule has 1 amide bonds. The molecule has 0 radical (unpaired) electrons.